The molecule has 0 aliphatic carbocycles. The van der Waals surface area contributed by atoms with Crippen molar-refractivity contribution >= 4 is 32.5 Å². The fraction of sp³-hybridized carbons (Fsp3) is 0.154. The van der Waals surface area contributed by atoms with E-state index in [1.54, 1.807) is 23.8 Å². The minimum Gasteiger partial charge on any atom is -0.381 e. The largest absolute Gasteiger partial charge is 0.381 e. The molecular formula is C13H13BrN2O. The van der Waals surface area contributed by atoms with Crippen LogP contribution in [0, 0.1) is 0 Å². The van der Waals surface area contributed by atoms with Gasteiger partial charge in [0, 0.05) is 35.2 Å². The third-order valence-electron chi connectivity index (χ3n) is 2.68. The lowest BCUT2D eigenvalue weighted by Crippen LogP contribution is -2.15. The van der Waals surface area contributed by atoms with Crippen molar-refractivity contribution in [2.45, 2.75) is 0 Å². The van der Waals surface area contributed by atoms with E-state index >= 15 is 0 Å². The Morgan fingerprint density at radius 2 is 2.18 bits per heavy atom. The molecule has 1 aromatic carbocycles. The highest BCUT2D eigenvalue weighted by Gasteiger charge is 2.06. The summed E-state index contributed by atoms with van der Waals surface area (Å²) in [4.78, 5) is 11.5. The van der Waals surface area contributed by atoms with Gasteiger partial charge in [0.25, 0.3) is 5.56 Å². The van der Waals surface area contributed by atoms with Gasteiger partial charge in [-0.05, 0) is 34.1 Å². The molecular weight excluding hydrogens is 280 g/mol. The molecule has 0 aliphatic heterocycles. The molecule has 0 fully saturated rings. The quantitative estimate of drug-likeness (QED) is 0.883. The number of fused-ring (bicyclic) bond motifs is 1. The highest BCUT2D eigenvalue weighted by molar-refractivity contribution is 9.10. The molecule has 0 spiro atoms. The van der Waals surface area contributed by atoms with E-state index in [4.69, 9.17) is 0 Å². The lowest BCUT2D eigenvalue weighted by atomic mass is 10.2. The summed E-state index contributed by atoms with van der Waals surface area (Å²) >= 11 is 3.56. The second-order valence-corrected chi connectivity index (χ2v) is 4.55. The van der Waals surface area contributed by atoms with Gasteiger partial charge in [0.15, 0.2) is 0 Å². The first-order valence-electron chi connectivity index (χ1n) is 5.28. The highest BCUT2D eigenvalue weighted by atomic mass is 79.9. The van der Waals surface area contributed by atoms with Crippen molar-refractivity contribution in [3.63, 3.8) is 0 Å². The van der Waals surface area contributed by atoms with Crippen LogP contribution >= 0.6 is 15.9 Å². The number of benzene rings is 1. The van der Waals surface area contributed by atoms with E-state index in [9.17, 15) is 4.79 Å². The van der Waals surface area contributed by atoms with Gasteiger partial charge in [-0.2, -0.15) is 0 Å². The molecule has 2 rings (SSSR count). The van der Waals surface area contributed by atoms with E-state index in [-0.39, 0.29) is 5.56 Å². The standard InChI is InChI=1S/C13H13BrN2O/c1-3-8-15-10-5-6-11-9(13(10)14)4-7-12(17)16(11)2/h3-7,15H,1,8H2,2H3. The molecule has 1 N–H and O–H groups in total. The molecule has 0 amide bonds. The number of aromatic nitrogens is 1. The topological polar surface area (TPSA) is 34.0 Å². The van der Waals surface area contributed by atoms with Crippen molar-refractivity contribution in [3.8, 4) is 0 Å². The van der Waals surface area contributed by atoms with Crippen LogP contribution in [0.25, 0.3) is 10.9 Å². The highest BCUT2D eigenvalue weighted by Crippen LogP contribution is 2.30. The molecule has 0 aliphatic rings. The van der Waals surface area contributed by atoms with E-state index in [2.05, 4.69) is 27.8 Å². The van der Waals surface area contributed by atoms with Crippen molar-refractivity contribution in [1.82, 2.24) is 4.57 Å². The number of anilines is 1. The summed E-state index contributed by atoms with van der Waals surface area (Å²) < 4.78 is 2.60. The summed E-state index contributed by atoms with van der Waals surface area (Å²) in [5.74, 6) is 0. The van der Waals surface area contributed by atoms with Crippen molar-refractivity contribution in [1.29, 1.82) is 0 Å². The van der Waals surface area contributed by atoms with Crippen molar-refractivity contribution in [3.05, 3.63) is 51.7 Å². The Morgan fingerprint density at radius 3 is 2.88 bits per heavy atom. The summed E-state index contributed by atoms with van der Waals surface area (Å²) in [5.41, 5.74) is 1.90. The van der Waals surface area contributed by atoms with Gasteiger partial charge in [0.2, 0.25) is 0 Å². The van der Waals surface area contributed by atoms with E-state index < -0.39 is 0 Å². The van der Waals surface area contributed by atoms with Gasteiger partial charge in [-0.3, -0.25) is 4.79 Å². The zero-order valence-electron chi connectivity index (χ0n) is 9.53. The number of halogens is 1. The maximum absolute atomic E-state index is 11.5. The molecule has 17 heavy (non-hydrogen) atoms. The molecule has 1 aromatic heterocycles. The van der Waals surface area contributed by atoms with Crippen molar-refractivity contribution in [2.75, 3.05) is 11.9 Å². The Bertz CT molecular complexity index is 631. The van der Waals surface area contributed by atoms with Gasteiger partial charge in [0.05, 0.1) is 5.52 Å². The molecule has 4 heteroatoms. The second-order valence-electron chi connectivity index (χ2n) is 3.76. The smallest absolute Gasteiger partial charge is 0.250 e. The molecule has 0 saturated heterocycles. The number of pyridine rings is 1. The fourth-order valence-corrected chi connectivity index (χ4v) is 2.35. The summed E-state index contributed by atoms with van der Waals surface area (Å²) in [7, 11) is 1.77. The molecule has 0 atom stereocenters. The molecule has 1 heterocycles. The first-order chi connectivity index (χ1) is 8.15. The SMILES string of the molecule is C=CCNc1ccc2c(ccc(=O)n2C)c1Br. The van der Waals surface area contributed by atoms with E-state index in [0.29, 0.717) is 6.54 Å². The molecule has 3 nitrogen and oxygen atoms in total. The average Bonchev–Trinajstić information content (AvgIpc) is 2.33. The minimum atomic E-state index is -0.00352. The van der Waals surface area contributed by atoms with Gasteiger partial charge in [-0.25, -0.2) is 0 Å². The average molecular weight is 293 g/mol. The molecule has 0 saturated carbocycles. The van der Waals surface area contributed by atoms with Crippen LogP contribution in [0.4, 0.5) is 5.69 Å². The number of aryl methyl sites for hydroxylation is 1. The number of rotatable bonds is 3. The van der Waals surface area contributed by atoms with Gasteiger partial charge in [-0.1, -0.05) is 6.08 Å². The maximum atomic E-state index is 11.5. The second kappa shape index (κ2) is 4.75. The van der Waals surface area contributed by atoms with Crippen LogP contribution in [0.5, 0.6) is 0 Å². The monoisotopic (exact) mass is 292 g/mol. The zero-order chi connectivity index (χ0) is 12.4. The molecule has 0 radical (unpaired) electrons. The fourth-order valence-electron chi connectivity index (χ4n) is 1.74. The van der Waals surface area contributed by atoms with Gasteiger partial charge < -0.3 is 9.88 Å². The van der Waals surface area contributed by atoms with E-state index in [1.807, 2.05) is 18.2 Å². The summed E-state index contributed by atoms with van der Waals surface area (Å²) in [6, 6.07) is 7.30. The minimum absolute atomic E-state index is 0.00352. The third kappa shape index (κ3) is 2.13. The number of hydrogen-bond acceptors (Lipinski definition) is 2. The predicted octanol–water partition coefficient (Wildman–Crippen LogP) is 2.90. The van der Waals surface area contributed by atoms with Crippen LogP contribution in [0.2, 0.25) is 0 Å². The van der Waals surface area contributed by atoms with Crippen molar-refractivity contribution in [2.24, 2.45) is 7.05 Å². The van der Waals surface area contributed by atoms with Crippen LogP contribution in [0.1, 0.15) is 0 Å². The number of hydrogen-bond donors (Lipinski definition) is 1. The molecule has 2 aromatic rings. The molecule has 88 valence electrons. The molecule has 0 unspecified atom stereocenters. The Balaban J connectivity index is 2.64. The number of nitrogens with one attached hydrogen (secondary N) is 1. The predicted molar refractivity (Wildman–Crippen MR) is 75.6 cm³/mol. The van der Waals surface area contributed by atoms with E-state index in [1.165, 1.54) is 0 Å². The summed E-state index contributed by atoms with van der Waals surface area (Å²) in [5, 5.41) is 4.25. The van der Waals surface area contributed by atoms with Crippen LogP contribution in [0.3, 0.4) is 0 Å². The Labute approximate surface area is 108 Å². The van der Waals surface area contributed by atoms with Crippen LogP contribution < -0.4 is 10.9 Å². The van der Waals surface area contributed by atoms with Crippen molar-refractivity contribution < 1.29 is 0 Å². The number of nitrogens with zero attached hydrogens (tertiary/aromatic N) is 1. The van der Waals surface area contributed by atoms with Gasteiger partial charge >= 0.3 is 0 Å². The summed E-state index contributed by atoms with van der Waals surface area (Å²) in [6.07, 6.45) is 1.80. The maximum Gasteiger partial charge on any atom is 0.250 e. The lowest BCUT2D eigenvalue weighted by Gasteiger charge is -2.11. The first-order valence-corrected chi connectivity index (χ1v) is 6.07. The van der Waals surface area contributed by atoms with Gasteiger partial charge in [0.1, 0.15) is 0 Å². The Kier molecular flexibility index (Phi) is 3.33. The van der Waals surface area contributed by atoms with Crippen LogP contribution in [-0.2, 0) is 7.05 Å². The normalized spacial score (nSPS) is 10.5. The third-order valence-corrected chi connectivity index (χ3v) is 3.53. The van der Waals surface area contributed by atoms with Crippen LogP contribution in [0.15, 0.2) is 46.2 Å². The van der Waals surface area contributed by atoms with E-state index in [0.717, 1.165) is 21.1 Å². The molecule has 0 bridgehead atoms. The van der Waals surface area contributed by atoms with Crippen LogP contribution in [-0.4, -0.2) is 11.1 Å². The Morgan fingerprint density at radius 1 is 1.41 bits per heavy atom. The summed E-state index contributed by atoms with van der Waals surface area (Å²) in [6.45, 7) is 4.37. The first kappa shape index (κ1) is 11.9. The Hall–Kier alpha value is -1.55. The van der Waals surface area contributed by atoms with Gasteiger partial charge in [-0.15, -0.1) is 6.58 Å². The zero-order valence-corrected chi connectivity index (χ0v) is 11.1. The lowest BCUT2D eigenvalue weighted by molar-refractivity contribution is 0.906.